The van der Waals surface area contributed by atoms with E-state index in [1.165, 1.54) is 6.07 Å². The first-order valence-corrected chi connectivity index (χ1v) is 9.46. The first-order valence-electron chi connectivity index (χ1n) is 9.46. The minimum Gasteiger partial charge on any atom is -0.493 e. The van der Waals surface area contributed by atoms with Gasteiger partial charge in [0.05, 0.1) is 27.2 Å². The molecule has 1 saturated heterocycles. The Hall–Kier alpha value is -2.76. The van der Waals surface area contributed by atoms with Crippen molar-refractivity contribution in [3.8, 4) is 17.2 Å². The molecule has 0 saturated carbocycles. The van der Waals surface area contributed by atoms with Crippen LogP contribution in [0.3, 0.4) is 0 Å². The van der Waals surface area contributed by atoms with Crippen LogP contribution in [0.5, 0.6) is 17.2 Å². The van der Waals surface area contributed by atoms with Crippen molar-refractivity contribution in [2.45, 2.75) is 19.3 Å². The van der Waals surface area contributed by atoms with Crippen LogP contribution in [-0.2, 0) is 11.2 Å². The molecule has 5 nitrogen and oxygen atoms in total. The summed E-state index contributed by atoms with van der Waals surface area (Å²) >= 11 is 0. The second-order valence-electron chi connectivity index (χ2n) is 6.93. The number of methoxy groups -OCH3 is 2. The topological polar surface area (TPSA) is 48.0 Å². The number of ether oxygens (including phenoxy) is 3. The van der Waals surface area contributed by atoms with Gasteiger partial charge in [-0.3, -0.25) is 4.79 Å². The van der Waals surface area contributed by atoms with E-state index in [1.807, 2.05) is 23.1 Å². The van der Waals surface area contributed by atoms with Gasteiger partial charge in [-0.15, -0.1) is 0 Å². The molecule has 28 heavy (non-hydrogen) atoms. The number of carbonyl (C=O) groups is 1. The number of hydrogen-bond donors (Lipinski definition) is 0. The maximum Gasteiger partial charge on any atom is 0.226 e. The van der Waals surface area contributed by atoms with Gasteiger partial charge < -0.3 is 19.1 Å². The Morgan fingerprint density at radius 2 is 1.75 bits per heavy atom. The number of halogens is 1. The van der Waals surface area contributed by atoms with Gasteiger partial charge in [-0.05, 0) is 48.6 Å². The van der Waals surface area contributed by atoms with E-state index in [1.54, 1.807) is 32.4 Å². The van der Waals surface area contributed by atoms with E-state index >= 15 is 0 Å². The fourth-order valence-corrected chi connectivity index (χ4v) is 3.40. The lowest BCUT2D eigenvalue weighted by Gasteiger charge is -2.32. The highest BCUT2D eigenvalue weighted by atomic mass is 19.1. The smallest absolute Gasteiger partial charge is 0.226 e. The average Bonchev–Trinajstić information content (AvgIpc) is 2.73. The fourth-order valence-electron chi connectivity index (χ4n) is 3.40. The van der Waals surface area contributed by atoms with Crippen LogP contribution in [0.1, 0.15) is 18.4 Å². The van der Waals surface area contributed by atoms with Crippen molar-refractivity contribution in [2.75, 3.05) is 33.9 Å². The van der Waals surface area contributed by atoms with Crippen molar-refractivity contribution in [3.63, 3.8) is 0 Å². The van der Waals surface area contributed by atoms with Gasteiger partial charge in [-0.2, -0.15) is 0 Å². The molecule has 2 aromatic rings. The summed E-state index contributed by atoms with van der Waals surface area (Å²) in [5.74, 6) is 1.64. The zero-order valence-corrected chi connectivity index (χ0v) is 16.3. The van der Waals surface area contributed by atoms with Crippen molar-refractivity contribution < 1.29 is 23.4 Å². The van der Waals surface area contributed by atoms with Crippen molar-refractivity contribution in [1.29, 1.82) is 0 Å². The van der Waals surface area contributed by atoms with Crippen LogP contribution in [0.2, 0.25) is 0 Å². The van der Waals surface area contributed by atoms with E-state index in [0.29, 0.717) is 43.5 Å². The molecule has 0 spiro atoms. The number of likely N-dealkylation sites (tertiary alicyclic amines) is 1. The molecule has 0 aromatic heterocycles. The summed E-state index contributed by atoms with van der Waals surface area (Å²) in [7, 11) is 3.17. The third-order valence-electron chi connectivity index (χ3n) is 5.08. The number of hydrogen-bond acceptors (Lipinski definition) is 4. The lowest BCUT2D eigenvalue weighted by atomic mass is 9.97. The molecule has 150 valence electrons. The minimum absolute atomic E-state index is 0.0979. The molecule has 0 unspecified atom stereocenters. The number of nitrogens with zero attached hydrogens (tertiary/aromatic N) is 1. The minimum atomic E-state index is -0.343. The molecule has 2 aromatic carbocycles. The van der Waals surface area contributed by atoms with Crippen LogP contribution in [-0.4, -0.2) is 44.7 Å². The number of para-hydroxylation sites is 1. The van der Waals surface area contributed by atoms with Crippen LogP contribution < -0.4 is 14.2 Å². The van der Waals surface area contributed by atoms with Gasteiger partial charge in [0.2, 0.25) is 5.91 Å². The molecule has 1 heterocycles. The quantitative estimate of drug-likeness (QED) is 0.727. The Bertz CT molecular complexity index is 803. The van der Waals surface area contributed by atoms with E-state index < -0.39 is 0 Å². The molecule has 1 aliphatic rings. The number of amides is 1. The van der Waals surface area contributed by atoms with Crippen molar-refractivity contribution in [3.05, 3.63) is 53.8 Å². The normalized spacial score (nSPS) is 14.6. The Kier molecular flexibility index (Phi) is 6.74. The number of piperidine rings is 1. The SMILES string of the molecule is COc1ccc(CC(=O)N2CCC(COc3ccccc3F)CC2)cc1OC. The molecule has 0 aliphatic carbocycles. The summed E-state index contributed by atoms with van der Waals surface area (Å²) in [6, 6.07) is 12.0. The van der Waals surface area contributed by atoms with Gasteiger partial charge >= 0.3 is 0 Å². The molecule has 0 N–H and O–H groups in total. The maximum absolute atomic E-state index is 13.6. The molecule has 6 heteroatoms. The molecule has 0 bridgehead atoms. The van der Waals surface area contributed by atoms with Gasteiger partial charge in [-0.1, -0.05) is 18.2 Å². The van der Waals surface area contributed by atoms with Crippen LogP contribution >= 0.6 is 0 Å². The van der Waals surface area contributed by atoms with E-state index in [9.17, 15) is 9.18 Å². The highest BCUT2D eigenvalue weighted by molar-refractivity contribution is 5.79. The predicted molar refractivity (Wildman–Crippen MR) is 104 cm³/mol. The third kappa shape index (κ3) is 4.94. The first kappa shape index (κ1) is 20.0. The van der Waals surface area contributed by atoms with E-state index in [0.717, 1.165) is 18.4 Å². The molecule has 0 radical (unpaired) electrons. The van der Waals surface area contributed by atoms with E-state index in [2.05, 4.69) is 0 Å². The number of rotatable bonds is 7. The van der Waals surface area contributed by atoms with Gasteiger partial charge in [0, 0.05) is 13.1 Å². The highest BCUT2D eigenvalue weighted by Gasteiger charge is 2.23. The predicted octanol–water partition coefficient (Wildman–Crippen LogP) is 3.70. The Morgan fingerprint density at radius 1 is 1.04 bits per heavy atom. The molecular weight excluding hydrogens is 361 g/mol. The second-order valence-corrected chi connectivity index (χ2v) is 6.93. The summed E-state index contributed by atoms with van der Waals surface area (Å²) in [5, 5.41) is 0. The Labute approximate surface area is 165 Å². The summed E-state index contributed by atoms with van der Waals surface area (Å²) in [6.07, 6.45) is 2.04. The van der Waals surface area contributed by atoms with E-state index in [-0.39, 0.29) is 17.5 Å². The lowest BCUT2D eigenvalue weighted by Crippen LogP contribution is -2.40. The van der Waals surface area contributed by atoms with Crippen LogP contribution in [0.4, 0.5) is 4.39 Å². The highest BCUT2D eigenvalue weighted by Crippen LogP contribution is 2.28. The van der Waals surface area contributed by atoms with Gasteiger partial charge in [0.15, 0.2) is 23.1 Å². The average molecular weight is 387 g/mol. The summed E-state index contributed by atoms with van der Waals surface area (Å²) < 4.78 is 29.8. The Morgan fingerprint density at radius 3 is 2.43 bits per heavy atom. The van der Waals surface area contributed by atoms with Gasteiger partial charge in [0.1, 0.15) is 0 Å². The molecular formula is C22H26FNO4. The van der Waals surface area contributed by atoms with Crippen molar-refractivity contribution in [1.82, 2.24) is 4.90 Å². The fraction of sp³-hybridized carbons (Fsp3) is 0.409. The van der Waals surface area contributed by atoms with Crippen molar-refractivity contribution >= 4 is 5.91 Å². The largest absolute Gasteiger partial charge is 0.493 e. The van der Waals surface area contributed by atoms with Crippen molar-refractivity contribution in [2.24, 2.45) is 5.92 Å². The molecule has 1 amide bonds. The summed E-state index contributed by atoms with van der Waals surface area (Å²) in [6.45, 7) is 1.85. The monoisotopic (exact) mass is 387 g/mol. The van der Waals surface area contributed by atoms with E-state index in [4.69, 9.17) is 14.2 Å². The first-order chi connectivity index (χ1) is 13.6. The maximum atomic E-state index is 13.6. The summed E-state index contributed by atoms with van der Waals surface area (Å²) in [5.41, 5.74) is 0.896. The second kappa shape index (κ2) is 9.44. The zero-order valence-electron chi connectivity index (χ0n) is 16.3. The molecule has 1 fully saturated rings. The van der Waals surface area contributed by atoms with Crippen LogP contribution in [0, 0.1) is 11.7 Å². The number of carbonyl (C=O) groups excluding carboxylic acids is 1. The Balaban J connectivity index is 1.48. The molecule has 0 atom stereocenters. The lowest BCUT2D eigenvalue weighted by molar-refractivity contribution is -0.132. The zero-order chi connectivity index (χ0) is 19.9. The van der Waals surface area contributed by atoms with Gasteiger partial charge in [-0.25, -0.2) is 4.39 Å². The molecule has 3 rings (SSSR count). The van der Waals surface area contributed by atoms with Crippen LogP contribution in [0.25, 0.3) is 0 Å². The standard InChI is InChI=1S/C22H26FNO4/c1-26-20-8-7-17(13-21(20)27-2)14-22(25)24-11-9-16(10-12-24)15-28-19-6-4-3-5-18(19)23/h3-8,13,16H,9-12,14-15H2,1-2H3. The van der Waals surface area contributed by atoms with Gasteiger partial charge in [0.25, 0.3) is 0 Å². The van der Waals surface area contributed by atoms with Crippen LogP contribution in [0.15, 0.2) is 42.5 Å². The summed E-state index contributed by atoms with van der Waals surface area (Å²) in [4.78, 5) is 14.5. The third-order valence-corrected chi connectivity index (χ3v) is 5.08. The number of benzene rings is 2. The molecule has 1 aliphatic heterocycles.